The maximum Gasteiger partial charge on any atom is 0.143 e. The summed E-state index contributed by atoms with van der Waals surface area (Å²) in [5.41, 5.74) is 8.99. The highest BCUT2D eigenvalue weighted by molar-refractivity contribution is 6.28. The molecule has 0 saturated heterocycles. The van der Waals surface area contributed by atoms with E-state index < -0.39 is 0 Å². The van der Waals surface area contributed by atoms with Gasteiger partial charge in [0.05, 0.1) is 0 Å². The zero-order chi connectivity index (χ0) is 32.1. The van der Waals surface area contributed by atoms with E-state index in [-0.39, 0.29) is 0 Å². The standard InChI is InChI=1S/C48H28O/c1-2-8-36-26-37(19-16-29(36)6-1)30-12-14-31(15-13-30)38-27-43(47-42-25-20-32-7-3-4-11-39(32)48(42)49-44(47)28-38)40-23-21-35-18-17-33-9-5-10-34-22-24-41(40)46(35)45(33)34/h1-28H. The van der Waals surface area contributed by atoms with Crippen LogP contribution in [0.4, 0.5) is 0 Å². The second-order valence-corrected chi connectivity index (χ2v) is 13.3. The Hall–Kier alpha value is -6.44. The summed E-state index contributed by atoms with van der Waals surface area (Å²) >= 11 is 0. The molecule has 0 spiro atoms. The van der Waals surface area contributed by atoms with Gasteiger partial charge in [0.2, 0.25) is 0 Å². The van der Waals surface area contributed by atoms with Crippen LogP contribution in [0.3, 0.4) is 0 Å². The maximum absolute atomic E-state index is 6.85. The zero-order valence-electron chi connectivity index (χ0n) is 26.6. The minimum atomic E-state index is 0.906. The second-order valence-electron chi connectivity index (χ2n) is 13.3. The van der Waals surface area contributed by atoms with Crippen LogP contribution >= 0.6 is 0 Å². The van der Waals surface area contributed by atoms with Crippen molar-refractivity contribution in [1.29, 1.82) is 0 Å². The average Bonchev–Trinajstić information content (AvgIpc) is 3.56. The molecule has 1 heteroatoms. The largest absolute Gasteiger partial charge is 0.455 e. The number of fused-ring (bicyclic) bond motifs is 6. The highest BCUT2D eigenvalue weighted by atomic mass is 16.3. The van der Waals surface area contributed by atoms with Crippen LogP contribution in [-0.2, 0) is 0 Å². The molecule has 0 radical (unpaired) electrons. The van der Waals surface area contributed by atoms with Crippen LogP contribution in [0.15, 0.2) is 174 Å². The van der Waals surface area contributed by atoms with Gasteiger partial charge in [-0.3, -0.25) is 0 Å². The topological polar surface area (TPSA) is 13.1 Å². The van der Waals surface area contributed by atoms with Gasteiger partial charge in [-0.1, -0.05) is 146 Å². The number of hydrogen-bond acceptors (Lipinski definition) is 1. The van der Waals surface area contributed by atoms with Crippen molar-refractivity contribution in [2.75, 3.05) is 0 Å². The lowest BCUT2D eigenvalue weighted by molar-refractivity contribution is 0.673. The molecular weight excluding hydrogens is 593 g/mol. The van der Waals surface area contributed by atoms with E-state index in [1.165, 1.54) is 70.7 Å². The predicted octanol–water partition coefficient (Wildman–Crippen LogP) is 13.8. The summed E-state index contributed by atoms with van der Waals surface area (Å²) in [6.07, 6.45) is 0. The Kier molecular flexibility index (Phi) is 5.45. The molecule has 0 amide bonds. The van der Waals surface area contributed by atoms with E-state index in [1.807, 2.05) is 0 Å². The SMILES string of the molecule is c1ccc2cc(-c3ccc(-c4cc(-c5ccc6ccc7cccc8ccc5c6c78)c5c(c4)oc4c6ccccc6ccc45)cc3)ccc2c1. The van der Waals surface area contributed by atoms with Gasteiger partial charge in [-0.2, -0.15) is 0 Å². The summed E-state index contributed by atoms with van der Waals surface area (Å²) in [4.78, 5) is 0. The first-order valence-electron chi connectivity index (χ1n) is 16.9. The van der Waals surface area contributed by atoms with Crippen molar-refractivity contribution in [3.63, 3.8) is 0 Å². The highest BCUT2D eigenvalue weighted by Crippen LogP contribution is 2.46. The molecule has 49 heavy (non-hydrogen) atoms. The zero-order valence-corrected chi connectivity index (χ0v) is 26.6. The molecule has 11 aromatic rings. The first kappa shape index (κ1) is 26.6. The summed E-state index contributed by atoms with van der Waals surface area (Å²) in [6.45, 7) is 0. The molecule has 0 saturated carbocycles. The molecule has 0 atom stereocenters. The lowest BCUT2D eigenvalue weighted by Crippen LogP contribution is -1.89. The van der Waals surface area contributed by atoms with Crippen LogP contribution in [0.2, 0.25) is 0 Å². The van der Waals surface area contributed by atoms with Gasteiger partial charge in [-0.25, -0.2) is 0 Å². The van der Waals surface area contributed by atoms with Crippen molar-refractivity contribution in [1.82, 2.24) is 0 Å². The van der Waals surface area contributed by atoms with Crippen LogP contribution in [0.5, 0.6) is 0 Å². The van der Waals surface area contributed by atoms with E-state index >= 15 is 0 Å². The Balaban J connectivity index is 1.17. The fourth-order valence-corrected chi connectivity index (χ4v) is 8.21. The van der Waals surface area contributed by atoms with Crippen molar-refractivity contribution in [2.24, 2.45) is 0 Å². The molecular formula is C48H28O. The Morgan fingerprint density at radius 2 is 0.878 bits per heavy atom. The first-order chi connectivity index (χ1) is 24.3. The van der Waals surface area contributed by atoms with Crippen molar-refractivity contribution >= 4 is 75.8 Å². The number of hydrogen-bond donors (Lipinski definition) is 0. The summed E-state index contributed by atoms with van der Waals surface area (Å²) in [6, 6.07) is 62.1. The van der Waals surface area contributed by atoms with E-state index in [0.29, 0.717) is 0 Å². The average molecular weight is 621 g/mol. The molecule has 0 fully saturated rings. The van der Waals surface area contributed by atoms with E-state index in [9.17, 15) is 0 Å². The highest BCUT2D eigenvalue weighted by Gasteiger charge is 2.20. The van der Waals surface area contributed by atoms with Crippen LogP contribution in [0.25, 0.3) is 109 Å². The smallest absolute Gasteiger partial charge is 0.143 e. The van der Waals surface area contributed by atoms with E-state index in [0.717, 1.165) is 38.5 Å². The molecule has 0 unspecified atom stereocenters. The van der Waals surface area contributed by atoms with Gasteiger partial charge in [0.1, 0.15) is 11.2 Å². The third kappa shape index (κ3) is 3.94. The molecule has 0 aliphatic carbocycles. The Bertz CT molecular complexity index is 3070. The van der Waals surface area contributed by atoms with Crippen molar-refractivity contribution in [3.05, 3.63) is 170 Å². The van der Waals surface area contributed by atoms with E-state index in [4.69, 9.17) is 4.42 Å². The molecule has 0 aliphatic rings. The lowest BCUT2D eigenvalue weighted by atomic mass is 9.87. The number of furan rings is 1. The Labute approximate surface area is 282 Å². The van der Waals surface area contributed by atoms with Crippen LogP contribution in [0, 0.1) is 0 Å². The third-order valence-corrected chi connectivity index (χ3v) is 10.6. The maximum atomic E-state index is 6.85. The molecule has 10 aromatic carbocycles. The van der Waals surface area contributed by atoms with Gasteiger partial charge in [0, 0.05) is 16.2 Å². The Morgan fingerprint density at radius 3 is 1.71 bits per heavy atom. The molecule has 226 valence electrons. The minimum Gasteiger partial charge on any atom is -0.455 e. The van der Waals surface area contributed by atoms with Crippen LogP contribution < -0.4 is 0 Å². The molecule has 1 nitrogen and oxygen atoms in total. The monoisotopic (exact) mass is 620 g/mol. The molecule has 11 rings (SSSR count). The van der Waals surface area contributed by atoms with Crippen LogP contribution in [-0.4, -0.2) is 0 Å². The Morgan fingerprint density at radius 1 is 0.286 bits per heavy atom. The second kappa shape index (κ2) is 10.0. The van der Waals surface area contributed by atoms with Gasteiger partial charge in [-0.05, 0) is 106 Å². The summed E-state index contributed by atoms with van der Waals surface area (Å²) in [7, 11) is 0. The first-order valence-corrected chi connectivity index (χ1v) is 16.9. The third-order valence-electron chi connectivity index (χ3n) is 10.6. The van der Waals surface area contributed by atoms with E-state index in [1.54, 1.807) is 0 Å². The quantitative estimate of drug-likeness (QED) is 0.179. The normalized spacial score (nSPS) is 12.1. The van der Waals surface area contributed by atoms with Crippen molar-refractivity contribution in [3.8, 4) is 33.4 Å². The lowest BCUT2D eigenvalue weighted by Gasteiger charge is -2.16. The van der Waals surface area contributed by atoms with Gasteiger partial charge in [-0.15, -0.1) is 0 Å². The van der Waals surface area contributed by atoms with Crippen LogP contribution in [0.1, 0.15) is 0 Å². The summed E-state index contributed by atoms with van der Waals surface area (Å²) in [5, 5.41) is 14.9. The minimum absolute atomic E-state index is 0.906. The van der Waals surface area contributed by atoms with Crippen molar-refractivity contribution in [2.45, 2.75) is 0 Å². The van der Waals surface area contributed by atoms with Gasteiger partial charge >= 0.3 is 0 Å². The fourth-order valence-electron chi connectivity index (χ4n) is 8.21. The van der Waals surface area contributed by atoms with E-state index in [2.05, 4.69) is 170 Å². The molecule has 0 N–H and O–H groups in total. The molecule has 1 heterocycles. The van der Waals surface area contributed by atoms with Gasteiger partial charge in [0.15, 0.2) is 0 Å². The summed E-state index contributed by atoms with van der Waals surface area (Å²) in [5.74, 6) is 0. The van der Waals surface area contributed by atoms with Gasteiger partial charge in [0.25, 0.3) is 0 Å². The summed E-state index contributed by atoms with van der Waals surface area (Å²) < 4.78 is 6.85. The van der Waals surface area contributed by atoms with Crippen molar-refractivity contribution < 1.29 is 4.42 Å². The fraction of sp³-hybridized carbons (Fsp3) is 0. The molecule has 0 aliphatic heterocycles. The molecule has 0 bridgehead atoms. The van der Waals surface area contributed by atoms with Gasteiger partial charge < -0.3 is 4.42 Å². The molecule has 1 aromatic heterocycles. The number of benzene rings is 10. The predicted molar refractivity (Wildman–Crippen MR) is 209 cm³/mol. The number of rotatable bonds is 3.